The van der Waals surface area contributed by atoms with E-state index in [0.29, 0.717) is 41.4 Å². The molecule has 0 atom stereocenters. The Morgan fingerprint density at radius 1 is 0.788 bits per heavy atom. The zero-order valence-corrected chi connectivity index (χ0v) is 18.6. The van der Waals surface area contributed by atoms with Crippen LogP contribution in [0, 0.1) is 0 Å². The molecule has 2 aromatic rings. The second kappa shape index (κ2) is 13.6. The lowest BCUT2D eigenvalue weighted by molar-refractivity contribution is -0.139. The van der Waals surface area contributed by atoms with E-state index < -0.39 is 17.9 Å². The molecule has 0 aliphatic rings. The number of carbonyl (C=O) groups is 3. The summed E-state index contributed by atoms with van der Waals surface area (Å²) in [6, 6.07) is 13.1. The Morgan fingerprint density at radius 3 is 1.97 bits per heavy atom. The summed E-state index contributed by atoms with van der Waals surface area (Å²) in [4.78, 5) is 34.1. The molecule has 2 rings (SSSR count). The van der Waals surface area contributed by atoms with Crippen molar-refractivity contribution in [3.05, 3.63) is 66.2 Å². The number of rotatable bonds is 14. The first-order valence-electron chi connectivity index (χ1n) is 10.6. The molecule has 0 bridgehead atoms. The van der Waals surface area contributed by atoms with Crippen LogP contribution in [0.3, 0.4) is 0 Å². The molecule has 0 amide bonds. The average molecular weight is 456 g/mol. The molecule has 33 heavy (non-hydrogen) atoms. The Hall–Kier alpha value is -3.81. The van der Waals surface area contributed by atoms with Crippen LogP contribution in [0.2, 0.25) is 0 Å². The fourth-order valence-electron chi connectivity index (χ4n) is 2.62. The van der Waals surface area contributed by atoms with E-state index in [-0.39, 0.29) is 19.6 Å². The minimum absolute atomic E-state index is 0.104. The highest BCUT2D eigenvalue weighted by molar-refractivity contribution is 5.91. The zero-order valence-electron chi connectivity index (χ0n) is 18.6. The van der Waals surface area contributed by atoms with Gasteiger partial charge in [-0.2, -0.15) is 0 Å². The van der Waals surface area contributed by atoms with E-state index in [1.807, 2.05) is 0 Å². The maximum atomic E-state index is 12.3. The normalized spacial score (nSPS) is 10.2. The van der Waals surface area contributed by atoms with Gasteiger partial charge in [0.15, 0.2) is 0 Å². The second-order valence-electron chi connectivity index (χ2n) is 7.20. The minimum Gasteiger partial charge on any atom is -0.494 e. The Balaban J connectivity index is 1.71. The van der Waals surface area contributed by atoms with Gasteiger partial charge in [0.1, 0.15) is 30.5 Å². The minimum atomic E-state index is -0.790. The first kappa shape index (κ1) is 25.5. The molecule has 8 heteroatoms. The highest BCUT2D eigenvalue weighted by atomic mass is 16.6. The average Bonchev–Trinajstić information content (AvgIpc) is 2.80. The van der Waals surface area contributed by atoms with Crippen LogP contribution in [-0.4, -0.2) is 42.8 Å². The van der Waals surface area contributed by atoms with E-state index >= 15 is 0 Å². The molecule has 0 spiro atoms. The quantitative estimate of drug-likeness (QED) is 0.193. The third kappa shape index (κ3) is 9.90. The molecular weight excluding hydrogens is 428 g/mol. The van der Waals surface area contributed by atoms with Gasteiger partial charge in [-0.1, -0.05) is 6.58 Å². The van der Waals surface area contributed by atoms with Gasteiger partial charge in [0.05, 0.1) is 12.2 Å². The molecule has 0 saturated heterocycles. The van der Waals surface area contributed by atoms with Crippen LogP contribution < -0.4 is 14.2 Å². The van der Waals surface area contributed by atoms with Gasteiger partial charge >= 0.3 is 17.9 Å². The third-order valence-electron chi connectivity index (χ3n) is 4.36. The molecule has 1 N–H and O–H groups in total. The lowest BCUT2D eigenvalue weighted by atomic mass is 10.2. The summed E-state index contributed by atoms with van der Waals surface area (Å²) >= 11 is 0. The van der Waals surface area contributed by atoms with Gasteiger partial charge in [-0.25, -0.2) is 9.59 Å². The Bertz CT molecular complexity index is 932. The summed E-state index contributed by atoms with van der Waals surface area (Å²) in [5.74, 6) is -0.223. The lowest BCUT2D eigenvalue weighted by Crippen LogP contribution is -2.12. The summed E-state index contributed by atoms with van der Waals surface area (Å²) in [6.07, 6.45) is 2.33. The van der Waals surface area contributed by atoms with Crippen LogP contribution in [0.4, 0.5) is 0 Å². The van der Waals surface area contributed by atoms with E-state index in [9.17, 15) is 14.4 Å². The molecule has 0 aliphatic heterocycles. The highest BCUT2D eigenvalue weighted by Gasteiger charge is 2.09. The number of esters is 2. The van der Waals surface area contributed by atoms with Crippen LogP contribution in [0.15, 0.2) is 60.7 Å². The Kier molecular flexibility index (Phi) is 10.5. The van der Waals surface area contributed by atoms with Gasteiger partial charge in [0.25, 0.3) is 0 Å². The number of ether oxygens (including phenoxy) is 4. The van der Waals surface area contributed by atoms with Crippen LogP contribution in [0.25, 0.3) is 0 Å². The Morgan fingerprint density at radius 2 is 1.36 bits per heavy atom. The monoisotopic (exact) mass is 456 g/mol. The van der Waals surface area contributed by atoms with Gasteiger partial charge in [0, 0.05) is 12.0 Å². The number of hydrogen-bond donors (Lipinski definition) is 1. The smallest absolute Gasteiger partial charge is 0.343 e. The van der Waals surface area contributed by atoms with Crippen molar-refractivity contribution in [1.82, 2.24) is 0 Å². The van der Waals surface area contributed by atoms with Crippen molar-refractivity contribution in [3.63, 3.8) is 0 Å². The number of hydrogen-bond acceptors (Lipinski definition) is 7. The molecule has 0 heterocycles. The van der Waals surface area contributed by atoms with Crippen LogP contribution in [0.1, 0.15) is 43.0 Å². The molecule has 2 aromatic carbocycles. The summed E-state index contributed by atoms with van der Waals surface area (Å²) in [5.41, 5.74) is 0.705. The van der Waals surface area contributed by atoms with Crippen molar-refractivity contribution >= 4 is 17.9 Å². The predicted molar refractivity (Wildman–Crippen MR) is 121 cm³/mol. The predicted octanol–water partition coefficient (Wildman–Crippen LogP) is 4.43. The molecule has 0 fully saturated rings. The Labute approximate surface area is 192 Å². The van der Waals surface area contributed by atoms with Crippen LogP contribution in [0.5, 0.6) is 17.2 Å². The summed E-state index contributed by atoms with van der Waals surface area (Å²) in [7, 11) is 0. The van der Waals surface area contributed by atoms with Crippen LogP contribution in [-0.2, 0) is 14.3 Å². The standard InChI is InChI=1S/C25H28O8/c1-18(2)24(28)32-17-16-31-21-11-13-22(14-12-21)33-25(29)19-7-9-20(10-8-19)30-15-5-3-4-6-23(26)27/h7-14H,1,3-6,15-17H2,2H3,(H,26,27). The van der Waals surface area contributed by atoms with E-state index in [2.05, 4.69) is 6.58 Å². The van der Waals surface area contributed by atoms with Gasteiger partial charge in [0.2, 0.25) is 0 Å². The second-order valence-corrected chi connectivity index (χ2v) is 7.20. The largest absolute Gasteiger partial charge is 0.494 e. The molecule has 0 unspecified atom stereocenters. The van der Waals surface area contributed by atoms with E-state index in [0.717, 1.165) is 12.8 Å². The van der Waals surface area contributed by atoms with Gasteiger partial charge in [-0.15, -0.1) is 0 Å². The van der Waals surface area contributed by atoms with E-state index in [1.54, 1.807) is 55.5 Å². The number of benzene rings is 2. The van der Waals surface area contributed by atoms with Crippen molar-refractivity contribution in [3.8, 4) is 17.2 Å². The maximum Gasteiger partial charge on any atom is 0.343 e. The number of unbranched alkanes of at least 4 members (excludes halogenated alkanes) is 2. The number of carbonyl (C=O) groups excluding carboxylic acids is 2. The molecule has 0 saturated carbocycles. The van der Waals surface area contributed by atoms with Crippen molar-refractivity contribution in [2.45, 2.75) is 32.6 Å². The van der Waals surface area contributed by atoms with E-state index in [1.165, 1.54) is 0 Å². The lowest BCUT2D eigenvalue weighted by Gasteiger charge is -2.09. The first-order chi connectivity index (χ1) is 15.8. The number of carboxylic acids is 1. The van der Waals surface area contributed by atoms with Crippen molar-refractivity contribution < 1.29 is 38.4 Å². The van der Waals surface area contributed by atoms with Crippen molar-refractivity contribution in [2.24, 2.45) is 0 Å². The molecule has 0 aliphatic carbocycles. The molecule has 8 nitrogen and oxygen atoms in total. The highest BCUT2D eigenvalue weighted by Crippen LogP contribution is 2.20. The molecule has 0 aromatic heterocycles. The van der Waals surface area contributed by atoms with Crippen molar-refractivity contribution in [2.75, 3.05) is 19.8 Å². The number of aliphatic carboxylic acids is 1. The fraction of sp³-hybridized carbons (Fsp3) is 0.320. The number of carboxylic acid groups (broad SMARTS) is 1. The zero-order chi connectivity index (χ0) is 24.1. The van der Waals surface area contributed by atoms with Crippen molar-refractivity contribution in [1.29, 1.82) is 0 Å². The fourth-order valence-corrected chi connectivity index (χ4v) is 2.62. The van der Waals surface area contributed by atoms with Gasteiger partial charge < -0.3 is 24.1 Å². The topological polar surface area (TPSA) is 108 Å². The van der Waals surface area contributed by atoms with Crippen LogP contribution >= 0.6 is 0 Å². The third-order valence-corrected chi connectivity index (χ3v) is 4.36. The maximum absolute atomic E-state index is 12.3. The van der Waals surface area contributed by atoms with Gasteiger partial charge in [-0.05, 0) is 74.7 Å². The van der Waals surface area contributed by atoms with E-state index in [4.69, 9.17) is 24.1 Å². The molecule has 0 radical (unpaired) electrons. The first-order valence-corrected chi connectivity index (χ1v) is 10.6. The molecule has 176 valence electrons. The SMILES string of the molecule is C=C(C)C(=O)OCCOc1ccc(OC(=O)c2ccc(OCCCCCC(=O)O)cc2)cc1. The summed E-state index contributed by atoms with van der Waals surface area (Å²) in [5, 5.41) is 8.60. The summed E-state index contributed by atoms with van der Waals surface area (Å²) in [6.45, 7) is 5.84. The molecular formula is C25H28O8. The van der Waals surface area contributed by atoms with Gasteiger partial charge in [-0.3, -0.25) is 4.79 Å². The summed E-state index contributed by atoms with van der Waals surface area (Å²) < 4.78 is 21.4.